The lowest BCUT2D eigenvalue weighted by Gasteiger charge is -2.28. The van der Waals surface area contributed by atoms with E-state index in [9.17, 15) is 9.18 Å². The summed E-state index contributed by atoms with van der Waals surface area (Å²) in [7, 11) is 0. The summed E-state index contributed by atoms with van der Waals surface area (Å²) in [5.74, 6) is -1.82. The number of halogens is 1. The Morgan fingerprint density at radius 1 is 1.50 bits per heavy atom. The van der Waals surface area contributed by atoms with Crippen LogP contribution in [0.3, 0.4) is 0 Å². The molecular weight excluding hydrogens is 163 g/mol. The van der Waals surface area contributed by atoms with Crippen molar-refractivity contribution in [3.63, 3.8) is 0 Å². The molecule has 0 aromatic carbocycles. The van der Waals surface area contributed by atoms with Crippen molar-refractivity contribution in [2.75, 3.05) is 6.61 Å². The number of alkyl halides is 1. The zero-order chi connectivity index (χ0) is 9.14. The monoisotopic (exact) mass is 176 g/mol. The maximum absolute atomic E-state index is 13.0. The normalized spacial score (nSPS) is 36.3. The van der Waals surface area contributed by atoms with E-state index in [1.54, 1.807) is 0 Å². The topological polar surface area (TPSA) is 57.5 Å². The average molecular weight is 176 g/mol. The first-order valence-corrected chi connectivity index (χ1v) is 4.13. The van der Waals surface area contributed by atoms with Crippen LogP contribution in [-0.4, -0.2) is 29.0 Å². The quantitative estimate of drug-likeness (QED) is 0.654. The van der Waals surface area contributed by atoms with Gasteiger partial charge >= 0.3 is 5.97 Å². The van der Waals surface area contributed by atoms with Gasteiger partial charge in [-0.1, -0.05) is 0 Å². The van der Waals surface area contributed by atoms with Crippen LogP contribution in [0.15, 0.2) is 0 Å². The highest BCUT2D eigenvalue weighted by Gasteiger charge is 2.33. The van der Waals surface area contributed by atoms with Crippen LogP contribution >= 0.6 is 0 Å². The Labute approximate surface area is 70.2 Å². The van der Waals surface area contributed by atoms with E-state index in [2.05, 4.69) is 0 Å². The summed E-state index contributed by atoms with van der Waals surface area (Å²) in [4.78, 5) is 10.5. The van der Waals surface area contributed by atoms with Gasteiger partial charge in [-0.15, -0.1) is 0 Å². The summed E-state index contributed by atoms with van der Waals surface area (Å²) < 4.78 is 13.0. The molecule has 12 heavy (non-hydrogen) atoms. The van der Waals surface area contributed by atoms with Crippen molar-refractivity contribution in [1.29, 1.82) is 0 Å². The molecule has 1 aliphatic carbocycles. The van der Waals surface area contributed by atoms with Crippen LogP contribution in [0, 0.1) is 11.8 Å². The minimum atomic E-state index is -1.15. The molecular formula is C8H13FO3. The van der Waals surface area contributed by atoms with E-state index in [1.807, 2.05) is 0 Å². The van der Waals surface area contributed by atoms with Gasteiger partial charge < -0.3 is 10.2 Å². The second-order valence-corrected chi connectivity index (χ2v) is 3.31. The Bertz CT molecular complexity index is 172. The van der Waals surface area contributed by atoms with Gasteiger partial charge in [-0.05, 0) is 19.3 Å². The molecule has 1 rings (SSSR count). The van der Waals surface area contributed by atoms with Crippen LogP contribution in [0.1, 0.15) is 19.3 Å². The van der Waals surface area contributed by atoms with Crippen LogP contribution in [0.5, 0.6) is 0 Å². The van der Waals surface area contributed by atoms with Crippen molar-refractivity contribution in [3.8, 4) is 0 Å². The zero-order valence-electron chi connectivity index (χ0n) is 6.74. The molecule has 2 N–H and O–H groups in total. The minimum Gasteiger partial charge on any atom is -0.481 e. The van der Waals surface area contributed by atoms with Gasteiger partial charge in [-0.25, -0.2) is 4.39 Å². The molecule has 0 bridgehead atoms. The fraction of sp³-hybridized carbons (Fsp3) is 0.875. The van der Waals surface area contributed by atoms with Gasteiger partial charge in [0.25, 0.3) is 0 Å². The van der Waals surface area contributed by atoms with Gasteiger partial charge in [-0.2, -0.15) is 0 Å². The minimum absolute atomic E-state index is 0.0561. The third-order valence-electron chi connectivity index (χ3n) is 2.49. The first-order valence-electron chi connectivity index (χ1n) is 4.13. The number of hydrogen-bond acceptors (Lipinski definition) is 2. The number of aliphatic carboxylic acids is 1. The van der Waals surface area contributed by atoms with Gasteiger partial charge in [0, 0.05) is 12.5 Å². The van der Waals surface area contributed by atoms with Gasteiger partial charge in [0.15, 0.2) is 0 Å². The van der Waals surface area contributed by atoms with Crippen LogP contribution in [0.4, 0.5) is 4.39 Å². The van der Waals surface area contributed by atoms with Crippen molar-refractivity contribution >= 4 is 5.97 Å². The lowest BCUT2D eigenvalue weighted by Crippen LogP contribution is -2.32. The maximum atomic E-state index is 13.0. The number of aliphatic hydroxyl groups is 1. The van der Waals surface area contributed by atoms with Crippen molar-refractivity contribution in [1.82, 2.24) is 0 Å². The van der Waals surface area contributed by atoms with E-state index in [0.717, 1.165) is 0 Å². The summed E-state index contributed by atoms with van der Waals surface area (Å²) >= 11 is 0. The molecule has 1 fully saturated rings. The van der Waals surface area contributed by atoms with Gasteiger partial charge in [-0.3, -0.25) is 4.79 Å². The number of aliphatic hydroxyl groups excluding tert-OH is 1. The highest BCUT2D eigenvalue weighted by atomic mass is 19.1. The lowest BCUT2D eigenvalue weighted by atomic mass is 9.81. The first kappa shape index (κ1) is 9.45. The molecule has 1 aliphatic rings. The van der Waals surface area contributed by atoms with Crippen molar-refractivity contribution < 1.29 is 19.4 Å². The van der Waals surface area contributed by atoms with Crippen LogP contribution in [0.2, 0.25) is 0 Å². The lowest BCUT2D eigenvalue weighted by molar-refractivity contribution is -0.144. The summed E-state index contributed by atoms with van der Waals surface area (Å²) in [5, 5.41) is 17.3. The second kappa shape index (κ2) is 3.85. The highest BCUT2D eigenvalue weighted by Crippen LogP contribution is 2.30. The van der Waals surface area contributed by atoms with E-state index in [-0.39, 0.29) is 18.9 Å². The number of hydrogen-bond donors (Lipinski definition) is 2. The Hall–Kier alpha value is -0.640. The number of carboxylic acid groups (broad SMARTS) is 1. The molecule has 0 radical (unpaired) electrons. The van der Waals surface area contributed by atoms with Gasteiger partial charge in [0.05, 0.1) is 5.92 Å². The maximum Gasteiger partial charge on any atom is 0.306 e. The van der Waals surface area contributed by atoms with Crippen LogP contribution in [0.25, 0.3) is 0 Å². The van der Waals surface area contributed by atoms with Gasteiger partial charge in [0.1, 0.15) is 6.17 Å². The van der Waals surface area contributed by atoms with Gasteiger partial charge in [0.2, 0.25) is 0 Å². The number of carboxylic acids is 1. The molecule has 1 saturated carbocycles. The molecule has 0 aliphatic heterocycles. The number of carbonyl (C=O) groups is 1. The zero-order valence-corrected chi connectivity index (χ0v) is 6.74. The SMILES string of the molecule is O=C(O)[C@H]1CC[C@H](CO)C(F)C1. The summed E-state index contributed by atoms with van der Waals surface area (Å²) in [5.41, 5.74) is 0. The van der Waals surface area contributed by atoms with Crippen molar-refractivity contribution in [2.24, 2.45) is 11.8 Å². The molecule has 4 heteroatoms. The molecule has 3 atom stereocenters. The molecule has 0 heterocycles. The largest absolute Gasteiger partial charge is 0.481 e. The predicted molar refractivity (Wildman–Crippen MR) is 40.4 cm³/mol. The molecule has 0 amide bonds. The van der Waals surface area contributed by atoms with Crippen molar-refractivity contribution in [3.05, 3.63) is 0 Å². The Kier molecular flexibility index (Phi) is 3.03. The van der Waals surface area contributed by atoms with E-state index < -0.39 is 18.1 Å². The third kappa shape index (κ3) is 1.94. The fourth-order valence-electron chi connectivity index (χ4n) is 1.61. The van der Waals surface area contributed by atoms with E-state index in [4.69, 9.17) is 10.2 Å². The Balaban J connectivity index is 2.46. The van der Waals surface area contributed by atoms with Crippen LogP contribution in [-0.2, 0) is 4.79 Å². The molecule has 3 nitrogen and oxygen atoms in total. The Morgan fingerprint density at radius 2 is 2.17 bits per heavy atom. The Morgan fingerprint density at radius 3 is 2.58 bits per heavy atom. The average Bonchev–Trinajstić information content (AvgIpc) is 2.04. The second-order valence-electron chi connectivity index (χ2n) is 3.31. The predicted octanol–water partition coefficient (Wildman–Crippen LogP) is 0.818. The van der Waals surface area contributed by atoms with E-state index in [1.165, 1.54) is 0 Å². The molecule has 70 valence electrons. The highest BCUT2D eigenvalue weighted by molar-refractivity contribution is 5.70. The molecule has 0 saturated heterocycles. The number of rotatable bonds is 2. The first-order chi connectivity index (χ1) is 5.65. The molecule has 0 aromatic heterocycles. The molecule has 0 aromatic rings. The summed E-state index contributed by atoms with van der Waals surface area (Å²) in [6, 6.07) is 0. The van der Waals surface area contributed by atoms with Crippen LogP contribution < -0.4 is 0 Å². The summed E-state index contributed by atoms with van der Waals surface area (Å²) in [6.45, 7) is -0.173. The summed E-state index contributed by atoms with van der Waals surface area (Å²) in [6.07, 6.45) is -0.124. The third-order valence-corrected chi connectivity index (χ3v) is 2.49. The molecule has 1 unspecified atom stereocenters. The fourth-order valence-corrected chi connectivity index (χ4v) is 1.61. The van der Waals surface area contributed by atoms with Crippen molar-refractivity contribution in [2.45, 2.75) is 25.4 Å². The smallest absolute Gasteiger partial charge is 0.306 e. The van der Waals surface area contributed by atoms with E-state index in [0.29, 0.717) is 12.8 Å². The standard InChI is InChI=1S/C8H13FO3/c9-7-3-5(8(11)12)1-2-6(7)4-10/h5-7,10H,1-4H2,(H,11,12)/t5-,6+,7?/m0/s1. The molecule has 0 spiro atoms. The van der Waals surface area contributed by atoms with E-state index >= 15 is 0 Å².